The molecule has 1 atom stereocenters. The number of hydrogen-bond acceptors (Lipinski definition) is 4. The molecular weight excluding hydrogens is 289 g/mol. The molecule has 4 nitrogen and oxygen atoms in total. The summed E-state index contributed by atoms with van der Waals surface area (Å²) in [5.74, 6) is -0.346. The molecule has 1 aliphatic heterocycles. The summed E-state index contributed by atoms with van der Waals surface area (Å²) in [4.78, 5) is 24.9. The van der Waals surface area contributed by atoms with Crippen molar-refractivity contribution in [3.8, 4) is 0 Å². The Labute approximate surface area is 121 Å². The number of esters is 1. The molecule has 1 heterocycles. The van der Waals surface area contributed by atoms with Gasteiger partial charge in [0.2, 0.25) is 0 Å². The van der Waals surface area contributed by atoms with E-state index in [4.69, 9.17) is 27.9 Å². The molecule has 0 bridgehead atoms. The van der Waals surface area contributed by atoms with Gasteiger partial charge in [0, 0.05) is 13.0 Å². The van der Waals surface area contributed by atoms with Crippen molar-refractivity contribution in [2.24, 2.45) is 0 Å². The van der Waals surface area contributed by atoms with E-state index in [1.54, 1.807) is 17.0 Å². The predicted molar refractivity (Wildman–Crippen MR) is 72.3 cm³/mol. The quantitative estimate of drug-likeness (QED) is 0.804. The Morgan fingerprint density at radius 3 is 2.79 bits per heavy atom. The summed E-state index contributed by atoms with van der Waals surface area (Å²) in [6, 6.07) is 4.75. The summed E-state index contributed by atoms with van der Waals surface area (Å²) in [5, 5.41) is 0.937. The van der Waals surface area contributed by atoms with Gasteiger partial charge >= 0.3 is 5.97 Å². The monoisotopic (exact) mass is 301 g/mol. The average molecular weight is 302 g/mol. The van der Waals surface area contributed by atoms with Crippen molar-refractivity contribution in [3.05, 3.63) is 33.8 Å². The first kappa shape index (κ1) is 14.3. The first-order valence-electron chi connectivity index (χ1n) is 5.78. The Morgan fingerprint density at radius 1 is 1.42 bits per heavy atom. The SMILES string of the molecule is COC(=O)[C@@H]1CC(=O)CN1Cc1ccc(Cl)c(Cl)c1. The highest BCUT2D eigenvalue weighted by molar-refractivity contribution is 6.42. The summed E-state index contributed by atoms with van der Waals surface area (Å²) in [6.45, 7) is 0.711. The molecule has 0 aliphatic carbocycles. The molecule has 102 valence electrons. The number of halogens is 2. The number of nitrogens with zero attached hydrogens (tertiary/aromatic N) is 1. The number of Topliss-reactive ketones (excluding diaryl/α,β-unsaturated/α-hetero) is 1. The van der Waals surface area contributed by atoms with Gasteiger partial charge in [0.1, 0.15) is 11.8 Å². The lowest BCUT2D eigenvalue weighted by atomic mass is 10.2. The van der Waals surface area contributed by atoms with E-state index in [2.05, 4.69) is 0 Å². The maximum atomic E-state index is 11.6. The number of methoxy groups -OCH3 is 1. The number of benzene rings is 1. The van der Waals surface area contributed by atoms with Crippen molar-refractivity contribution in [1.82, 2.24) is 4.90 Å². The highest BCUT2D eigenvalue weighted by atomic mass is 35.5. The normalized spacial score (nSPS) is 19.7. The van der Waals surface area contributed by atoms with Gasteiger partial charge in [-0.3, -0.25) is 14.5 Å². The predicted octanol–water partition coefficient (Wildman–Crippen LogP) is 2.31. The summed E-state index contributed by atoms with van der Waals surface area (Å²) in [5.41, 5.74) is 0.901. The van der Waals surface area contributed by atoms with E-state index in [9.17, 15) is 9.59 Å². The molecule has 1 saturated heterocycles. The van der Waals surface area contributed by atoms with Crippen LogP contribution in [0.15, 0.2) is 18.2 Å². The third-order valence-corrected chi connectivity index (χ3v) is 3.82. The number of ketones is 1. The van der Waals surface area contributed by atoms with Crippen LogP contribution in [0.3, 0.4) is 0 Å². The molecule has 19 heavy (non-hydrogen) atoms. The lowest BCUT2D eigenvalue weighted by molar-refractivity contribution is -0.146. The molecule has 0 unspecified atom stereocenters. The van der Waals surface area contributed by atoms with Gasteiger partial charge < -0.3 is 4.74 Å². The highest BCUT2D eigenvalue weighted by Crippen LogP contribution is 2.25. The van der Waals surface area contributed by atoms with Crippen LogP contribution >= 0.6 is 23.2 Å². The Morgan fingerprint density at radius 2 is 2.16 bits per heavy atom. The fraction of sp³-hybridized carbons (Fsp3) is 0.385. The number of ether oxygens (including phenoxy) is 1. The minimum absolute atomic E-state index is 0.0375. The van der Waals surface area contributed by atoms with Gasteiger partial charge in [-0.1, -0.05) is 29.3 Å². The number of carbonyl (C=O) groups excluding carboxylic acids is 2. The van der Waals surface area contributed by atoms with Crippen LogP contribution in [0.4, 0.5) is 0 Å². The van der Waals surface area contributed by atoms with Crippen molar-refractivity contribution < 1.29 is 14.3 Å². The van der Waals surface area contributed by atoms with E-state index in [-0.39, 0.29) is 24.7 Å². The minimum Gasteiger partial charge on any atom is -0.468 e. The number of carbonyl (C=O) groups is 2. The smallest absolute Gasteiger partial charge is 0.323 e. The fourth-order valence-corrected chi connectivity index (χ4v) is 2.47. The third kappa shape index (κ3) is 3.26. The van der Waals surface area contributed by atoms with Gasteiger partial charge in [-0.25, -0.2) is 0 Å². The Kier molecular flexibility index (Phi) is 4.45. The summed E-state index contributed by atoms with van der Waals surface area (Å²) >= 11 is 11.8. The molecule has 1 aromatic carbocycles. The molecule has 0 N–H and O–H groups in total. The van der Waals surface area contributed by atoms with Crippen LogP contribution in [0.1, 0.15) is 12.0 Å². The molecule has 6 heteroatoms. The summed E-state index contributed by atoms with van der Waals surface area (Å²) in [7, 11) is 1.32. The molecular formula is C13H13Cl2NO3. The zero-order valence-electron chi connectivity index (χ0n) is 10.4. The molecule has 0 aromatic heterocycles. The topological polar surface area (TPSA) is 46.6 Å². The van der Waals surface area contributed by atoms with Gasteiger partial charge in [-0.05, 0) is 17.7 Å². The Bertz CT molecular complexity index is 519. The van der Waals surface area contributed by atoms with Crippen LogP contribution < -0.4 is 0 Å². The van der Waals surface area contributed by atoms with Crippen LogP contribution in [-0.4, -0.2) is 36.3 Å². The van der Waals surface area contributed by atoms with Crippen molar-refractivity contribution in [1.29, 1.82) is 0 Å². The van der Waals surface area contributed by atoms with E-state index < -0.39 is 6.04 Å². The number of rotatable bonds is 3. The van der Waals surface area contributed by atoms with Gasteiger partial charge in [-0.2, -0.15) is 0 Å². The van der Waals surface area contributed by atoms with Crippen LogP contribution in [-0.2, 0) is 20.9 Å². The summed E-state index contributed by atoms with van der Waals surface area (Å²) in [6.07, 6.45) is 0.202. The van der Waals surface area contributed by atoms with Crippen molar-refractivity contribution in [2.75, 3.05) is 13.7 Å². The van der Waals surface area contributed by atoms with E-state index >= 15 is 0 Å². The first-order valence-corrected chi connectivity index (χ1v) is 6.54. The van der Waals surface area contributed by atoms with Crippen LogP contribution in [0.2, 0.25) is 10.0 Å². The van der Waals surface area contributed by atoms with E-state index in [1.165, 1.54) is 7.11 Å². The van der Waals surface area contributed by atoms with Crippen LogP contribution in [0.25, 0.3) is 0 Å². The zero-order valence-corrected chi connectivity index (χ0v) is 11.9. The van der Waals surface area contributed by atoms with E-state index in [1.807, 2.05) is 6.07 Å². The highest BCUT2D eigenvalue weighted by Gasteiger charge is 2.36. The molecule has 2 rings (SSSR count). The van der Waals surface area contributed by atoms with Gasteiger partial charge in [0.05, 0.1) is 23.7 Å². The molecule has 0 saturated carbocycles. The van der Waals surface area contributed by atoms with Crippen molar-refractivity contribution >= 4 is 35.0 Å². The first-order chi connectivity index (χ1) is 9.01. The third-order valence-electron chi connectivity index (χ3n) is 3.08. The maximum absolute atomic E-state index is 11.6. The Balaban J connectivity index is 2.14. The van der Waals surface area contributed by atoms with Gasteiger partial charge in [0.25, 0.3) is 0 Å². The van der Waals surface area contributed by atoms with Crippen molar-refractivity contribution in [2.45, 2.75) is 19.0 Å². The molecule has 0 amide bonds. The van der Waals surface area contributed by atoms with Crippen LogP contribution in [0.5, 0.6) is 0 Å². The maximum Gasteiger partial charge on any atom is 0.323 e. The minimum atomic E-state index is -0.507. The van der Waals surface area contributed by atoms with Gasteiger partial charge in [0.15, 0.2) is 0 Å². The second-order valence-corrected chi connectivity index (χ2v) is 5.25. The van der Waals surface area contributed by atoms with Crippen molar-refractivity contribution in [3.63, 3.8) is 0 Å². The summed E-state index contributed by atoms with van der Waals surface area (Å²) < 4.78 is 4.71. The average Bonchev–Trinajstić information content (AvgIpc) is 2.74. The molecule has 0 spiro atoms. The standard InChI is InChI=1S/C13H13Cl2NO3/c1-19-13(18)12-5-9(17)7-16(12)6-8-2-3-10(14)11(15)4-8/h2-4,12H,5-7H2,1H3/t12-/m0/s1. The number of hydrogen-bond donors (Lipinski definition) is 0. The molecule has 0 radical (unpaired) electrons. The lowest BCUT2D eigenvalue weighted by Crippen LogP contribution is -2.36. The second-order valence-electron chi connectivity index (χ2n) is 4.44. The number of likely N-dealkylation sites (tertiary alicyclic amines) is 1. The van der Waals surface area contributed by atoms with Crippen LogP contribution in [0, 0.1) is 0 Å². The Hall–Kier alpha value is -1.10. The van der Waals surface area contributed by atoms with Gasteiger partial charge in [-0.15, -0.1) is 0 Å². The largest absolute Gasteiger partial charge is 0.468 e. The lowest BCUT2D eigenvalue weighted by Gasteiger charge is -2.21. The second kappa shape index (κ2) is 5.90. The fourth-order valence-electron chi connectivity index (χ4n) is 2.15. The molecule has 1 fully saturated rings. The molecule has 1 aromatic rings. The zero-order chi connectivity index (χ0) is 14.0. The van der Waals surface area contributed by atoms with E-state index in [0.29, 0.717) is 16.6 Å². The molecule has 1 aliphatic rings. The van der Waals surface area contributed by atoms with E-state index in [0.717, 1.165) is 5.56 Å².